The van der Waals surface area contributed by atoms with Crippen molar-refractivity contribution in [2.75, 3.05) is 17.7 Å². The van der Waals surface area contributed by atoms with Crippen LogP contribution in [0.5, 0.6) is 5.75 Å². The molecule has 5 heteroatoms. The van der Waals surface area contributed by atoms with E-state index in [1.54, 1.807) is 18.2 Å². The first-order valence-corrected chi connectivity index (χ1v) is 7.25. The van der Waals surface area contributed by atoms with Crippen molar-refractivity contribution in [2.45, 2.75) is 20.8 Å². The minimum absolute atomic E-state index is 0.465. The van der Waals surface area contributed by atoms with Gasteiger partial charge in [0.15, 0.2) is 0 Å². The average Bonchev–Trinajstić information content (AvgIpc) is 2.51. The van der Waals surface area contributed by atoms with E-state index in [1.807, 2.05) is 39.0 Å². The molecular weight excluding hydrogens is 292 g/mol. The monoisotopic (exact) mass is 312 g/mol. The molecule has 0 heterocycles. The maximum Gasteiger partial charge on any atom is 0.314 e. The fourth-order valence-electron chi connectivity index (χ4n) is 2.11. The van der Waals surface area contributed by atoms with Crippen LogP contribution in [0.3, 0.4) is 0 Å². The van der Waals surface area contributed by atoms with Crippen LogP contribution in [0.2, 0.25) is 0 Å². The molecule has 2 N–H and O–H groups in total. The van der Waals surface area contributed by atoms with E-state index in [4.69, 9.17) is 4.74 Å². The maximum atomic E-state index is 12.1. The summed E-state index contributed by atoms with van der Waals surface area (Å²) in [6.07, 6.45) is 0. The van der Waals surface area contributed by atoms with E-state index in [0.29, 0.717) is 17.1 Å². The SMILES string of the molecule is COc1ccc(C)cc1NC(=O)C(=O)Nc1ccc(C)c(C)c1. The van der Waals surface area contributed by atoms with Gasteiger partial charge in [0.25, 0.3) is 0 Å². The van der Waals surface area contributed by atoms with Crippen LogP contribution >= 0.6 is 0 Å². The third kappa shape index (κ3) is 4.10. The maximum absolute atomic E-state index is 12.1. The Labute approximate surface area is 135 Å². The summed E-state index contributed by atoms with van der Waals surface area (Å²) in [4.78, 5) is 24.1. The van der Waals surface area contributed by atoms with Gasteiger partial charge in [0, 0.05) is 5.69 Å². The molecule has 5 nitrogen and oxygen atoms in total. The first-order chi connectivity index (χ1) is 10.9. The molecule has 0 aliphatic rings. The molecule has 2 rings (SSSR count). The zero-order valence-corrected chi connectivity index (χ0v) is 13.7. The molecule has 120 valence electrons. The van der Waals surface area contributed by atoms with E-state index in [2.05, 4.69) is 10.6 Å². The van der Waals surface area contributed by atoms with Gasteiger partial charge in [-0.15, -0.1) is 0 Å². The minimum atomic E-state index is -0.743. The van der Waals surface area contributed by atoms with E-state index in [-0.39, 0.29) is 0 Å². The molecule has 0 unspecified atom stereocenters. The number of carbonyl (C=O) groups is 2. The van der Waals surface area contributed by atoms with Crippen LogP contribution in [0.15, 0.2) is 36.4 Å². The number of amides is 2. The summed E-state index contributed by atoms with van der Waals surface area (Å²) < 4.78 is 5.18. The number of rotatable bonds is 3. The molecule has 0 spiro atoms. The zero-order chi connectivity index (χ0) is 17.0. The zero-order valence-electron chi connectivity index (χ0n) is 13.7. The molecule has 0 saturated carbocycles. The van der Waals surface area contributed by atoms with Gasteiger partial charge in [-0.2, -0.15) is 0 Å². The molecule has 0 radical (unpaired) electrons. The van der Waals surface area contributed by atoms with Gasteiger partial charge < -0.3 is 15.4 Å². The molecule has 23 heavy (non-hydrogen) atoms. The molecule has 0 aliphatic carbocycles. The molecule has 0 aromatic heterocycles. The highest BCUT2D eigenvalue weighted by atomic mass is 16.5. The van der Waals surface area contributed by atoms with E-state index in [1.165, 1.54) is 7.11 Å². The molecule has 0 fully saturated rings. The Kier molecular flexibility index (Phi) is 5.01. The number of carbonyl (C=O) groups excluding carboxylic acids is 2. The summed E-state index contributed by atoms with van der Waals surface area (Å²) in [6, 6.07) is 10.8. The van der Waals surface area contributed by atoms with Gasteiger partial charge in [-0.05, 0) is 61.7 Å². The van der Waals surface area contributed by atoms with Gasteiger partial charge in [-0.3, -0.25) is 9.59 Å². The van der Waals surface area contributed by atoms with Crippen molar-refractivity contribution in [3.63, 3.8) is 0 Å². The normalized spacial score (nSPS) is 10.1. The quantitative estimate of drug-likeness (QED) is 0.855. The highest BCUT2D eigenvalue weighted by Crippen LogP contribution is 2.25. The lowest BCUT2D eigenvalue weighted by Gasteiger charge is -2.11. The molecule has 2 amide bonds. The first-order valence-electron chi connectivity index (χ1n) is 7.25. The lowest BCUT2D eigenvalue weighted by atomic mass is 10.1. The number of hydrogen-bond acceptors (Lipinski definition) is 3. The summed E-state index contributed by atoms with van der Waals surface area (Å²) in [7, 11) is 1.51. The summed E-state index contributed by atoms with van der Waals surface area (Å²) in [5.41, 5.74) is 4.17. The lowest BCUT2D eigenvalue weighted by molar-refractivity contribution is -0.133. The summed E-state index contributed by atoms with van der Waals surface area (Å²) in [5.74, 6) is -0.966. The van der Waals surface area contributed by atoms with Crippen LogP contribution in [0.1, 0.15) is 16.7 Å². The lowest BCUT2D eigenvalue weighted by Crippen LogP contribution is -2.29. The van der Waals surface area contributed by atoms with Crippen molar-refractivity contribution < 1.29 is 14.3 Å². The Hall–Kier alpha value is -2.82. The molecule has 0 atom stereocenters. The van der Waals surface area contributed by atoms with E-state index < -0.39 is 11.8 Å². The number of methoxy groups -OCH3 is 1. The number of anilines is 2. The number of hydrogen-bond donors (Lipinski definition) is 2. The van der Waals surface area contributed by atoms with Gasteiger partial charge in [0.1, 0.15) is 5.75 Å². The largest absolute Gasteiger partial charge is 0.495 e. The Bertz CT molecular complexity index is 754. The predicted molar refractivity (Wildman–Crippen MR) is 90.9 cm³/mol. The summed E-state index contributed by atoms with van der Waals surface area (Å²) >= 11 is 0. The highest BCUT2D eigenvalue weighted by Gasteiger charge is 2.16. The van der Waals surface area contributed by atoms with Crippen LogP contribution in [0.25, 0.3) is 0 Å². The van der Waals surface area contributed by atoms with Gasteiger partial charge in [0.2, 0.25) is 0 Å². The fraction of sp³-hybridized carbons (Fsp3) is 0.222. The molecule has 0 saturated heterocycles. The molecule has 2 aromatic carbocycles. The Balaban J connectivity index is 2.10. The molecule has 2 aromatic rings. The topological polar surface area (TPSA) is 67.4 Å². The fourth-order valence-corrected chi connectivity index (χ4v) is 2.11. The number of benzene rings is 2. The standard InChI is InChI=1S/C18H20N2O3/c1-11-5-8-16(23-4)15(9-11)20-18(22)17(21)19-14-7-6-12(2)13(3)10-14/h5-10H,1-4H3,(H,19,21)(H,20,22). The first kappa shape index (κ1) is 16.5. The number of nitrogens with one attached hydrogen (secondary N) is 2. The molecule has 0 aliphatic heterocycles. The van der Waals surface area contributed by atoms with E-state index in [9.17, 15) is 9.59 Å². The van der Waals surface area contributed by atoms with Crippen LogP contribution < -0.4 is 15.4 Å². The Morgan fingerprint density at radius 3 is 2.22 bits per heavy atom. The van der Waals surface area contributed by atoms with Crippen molar-refractivity contribution in [2.24, 2.45) is 0 Å². The van der Waals surface area contributed by atoms with Crippen molar-refractivity contribution in [1.29, 1.82) is 0 Å². The second-order valence-electron chi connectivity index (χ2n) is 5.41. The third-order valence-electron chi connectivity index (χ3n) is 3.57. The van der Waals surface area contributed by atoms with Crippen molar-refractivity contribution in [3.8, 4) is 5.75 Å². The number of aryl methyl sites for hydroxylation is 3. The smallest absolute Gasteiger partial charge is 0.314 e. The third-order valence-corrected chi connectivity index (χ3v) is 3.57. The van der Waals surface area contributed by atoms with E-state index >= 15 is 0 Å². The Morgan fingerprint density at radius 2 is 1.57 bits per heavy atom. The van der Waals surface area contributed by atoms with Crippen molar-refractivity contribution in [3.05, 3.63) is 53.1 Å². The van der Waals surface area contributed by atoms with Crippen LogP contribution in [-0.2, 0) is 9.59 Å². The number of ether oxygens (including phenoxy) is 1. The van der Waals surface area contributed by atoms with Crippen LogP contribution in [0, 0.1) is 20.8 Å². The van der Waals surface area contributed by atoms with Gasteiger partial charge >= 0.3 is 11.8 Å². The van der Waals surface area contributed by atoms with Crippen LogP contribution in [-0.4, -0.2) is 18.9 Å². The van der Waals surface area contributed by atoms with E-state index in [0.717, 1.165) is 16.7 Å². The molecular formula is C18H20N2O3. The average molecular weight is 312 g/mol. The summed E-state index contributed by atoms with van der Waals surface area (Å²) in [6.45, 7) is 5.82. The predicted octanol–water partition coefficient (Wildman–Crippen LogP) is 3.20. The van der Waals surface area contributed by atoms with Gasteiger partial charge in [-0.25, -0.2) is 0 Å². The molecule has 0 bridgehead atoms. The van der Waals surface area contributed by atoms with Crippen molar-refractivity contribution in [1.82, 2.24) is 0 Å². The van der Waals surface area contributed by atoms with Crippen LogP contribution in [0.4, 0.5) is 11.4 Å². The summed E-state index contributed by atoms with van der Waals surface area (Å²) in [5, 5.41) is 5.16. The van der Waals surface area contributed by atoms with Crippen molar-refractivity contribution >= 4 is 23.2 Å². The minimum Gasteiger partial charge on any atom is -0.495 e. The second kappa shape index (κ2) is 6.96. The van der Waals surface area contributed by atoms with Gasteiger partial charge in [0.05, 0.1) is 12.8 Å². The highest BCUT2D eigenvalue weighted by molar-refractivity contribution is 6.43. The van der Waals surface area contributed by atoms with Gasteiger partial charge in [-0.1, -0.05) is 12.1 Å². The Morgan fingerprint density at radius 1 is 0.870 bits per heavy atom. The second-order valence-corrected chi connectivity index (χ2v) is 5.41.